The predicted molar refractivity (Wildman–Crippen MR) is 65.8 cm³/mol. The number of thioether (sulfide) groups is 1. The number of halogens is 1. The zero-order valence-electron chi connectivity index (χ0n) is 9.49. The first kappa shape index (κ1) is 13.3. The Balaban J connectivity index is 2.40. The van der Waals surface area contributed by atoms with E-state index in [1.54, 1.807) is 18.3 Å². The van der Waals surface area contributed by atoms with Gasteiger partial charge in [0.2, 0.25) is 0 Å². The number of esters is 1. The van der Waals surface area contributed by atoms with Gasteiger partial charge in [0.25, 0.3) is 0 Å². The summed E-state index contributed by atoms with van der Waals surface area (Å²) in [7, 11) is 0. The van der Waals surface area contributed by atoms with Gasteiger partial charge in [0.15, 0.2) is 0 Å². The van der Waals surface area contributed by atoms with Crippen molar-refractivity contribution in [2.75, 3.05) is 5.75 Å². The molecule has 0 saturated carbocycles. The molecule has 1 heterocycles. The van der Waals surface area contributed by atoms with Crippen LogP contribution in [-0.4, -0.2) is 22.3 Å². The molecule has 0 bridgehead atoms. The van der Waals surface area contributed by atoms with E-state index in [1.807, 2.05) is 20.8 Å². The van der Waals surface area contributed by atoms with Crippen molar-refractivity contribution in [1.82, 2.24) is 4.98 Å². The molecule has 0 spiro atoms. The molecule has 0 aromatic carbocycles. The minimum atomic E-state index is -0.439. The Morgan fingerprint density at radius 2 is 2.19 bits per heavy atom. The van der Waals surface area contributed by atoms with E-state index in [0.717, 1.165) is 5.03 Å². The van der Waals surface area contributed by atoms with Gasteiger partial charge in [-0.3, -0.25) is 4.79 Å². The van der Waals surface area contributed by atoms with Gasteiger partial charge in [-0.1, -0.05) is 23.4 Å². The number of pyridine rings is 1. The Morgan fingerprint density at radius 3 is 2.69 bits per heavy atom. The third-order valence-corrected chi connectivity index (χ3v) is 2.60. The second-order valence-corrected chi connectivity index (χ2v) is 5.62. The summed E-state index contributed by atoms with van der Waals surface area (Å²) in [6.07, 6.45) is 1.55. The van der Waals surface area contributed by atoms with Gasteiger partial charge in [-0.05, 0) is 32.9 Å². The summed E-state index contributed by atoms with van der Waals surface area (Å²) in [4.78, 5) is 15.5. The molecule has 0 fully saturated rings. The van der Waals surface area contributed by atoms with E-state index in [-0.39, 0.29) is 11.7 Å². The molecule has 0 aliphatic rings. The molecule has 16 heavy (non-hydrogen) atoms. The molecule has 1 rings (SSSR count). The zero-order chi connectivity index (χ0) is 12.2. The second kappa shape index (κ2) is 5.55. The maximum atomic E-state index is 11.4. The van der Waals surface area contributed by atoms with E-state index >= 15 is 0 Å². The normalized spacial score (nSPS) is 11.2. The van der Waals surface area contributed by atoms with E-state index in [1.165, 1.54) is 11.8 Å². The monoisotopic (exact) mass is 259 g/mol. The van der Waals surface area contributed by atoms with Crippen LogP contribution in [0, 0.1) is 0 Å². The fraction of sp³-hybridized carbons (Fsp3) is 0.455. The molecule has 0 N–H and O–H groups in total. The number of carbonyl (C=O) groups excluding carboxylic acids is 1. The molecule has 0 saturated heterocycles. The Bertz CT molecular complexity index is 359. The third kappa shape index (κ3) is 5.37. The lowest BCUT2D eigenvalue weighted by Crippen LogP contribution is -2.24. The van der Waals surface area contributed by atoms with Gasteiger partial charge in [0.1, 0.15) is 5.60 Å². The molecular formula is C11H14ClNO2S. The van der Waals surface area contributed by atoms with Crippen LogP contribution in [0.3, 0.4) is 0 Å². The Kier molecular flexibility index (Phi) is 4.62. The number of ether oxygens (including phenoxy) is 1. The summed E-state index contributed by atoms with van der Waals surface area (Å²) in [5.41, 5.74) is -0.439. The predicted octanol–water partition coefficient (Wildman–Crippen LogP) is 3.17. The second-order valence-electron chi connectivity index (χ2n) is 4.19. The van der Waals surface area contributed by atoms with Crippen molar-refractivity contribution >= 4 is 29.3 Å². The van der Waals surface area contributed by atoms with Crippen molar-refractivity contribution in [2.45, 2.75) is 31.4 Å². The Morgan fingerprint density at radius 1 is 1.50 bits per heavy atom. The average Bonchev–Trinajstić information content (AvgIpc) is 2.14. The summed E-state index contributed by atoms with van der Waals surface area (Å²) in [5.74, 6) is 0.0144. The van der Waals surface area contributed by atoms with Crippen LogP contribution in [0.2, 0.25) is 5.02 Å². The molecule has 0 amide bonds. The number of nitrogens with zero attached hydrogens (tertiary/aromatic N) is 1. The lowest BCUT2D eigenvalue weighted by molar-refractivity contribution is -0.151. The molecule has 0 atom stereocenters. The number of aromatic nitrogens is 1. The number of hydrogen-bond donors (Lipinski definition) is 0. The van der Waals surface area contributed by atoms with Crippen molar-refractivity contribution in [2.24, 2.45) is 0 Å². The zero-order valence-corrected chi connectivity index (χ0v) is 11.1. The van der Waals surface area contributed by atoms with Gasteiger partial charge in [0.05, 0.1) is 15.8 Å². The molecule has 0 radical (unpaired) electrons. The van der Waals surface area contributed by atoms with E-state index in [4.69, 9.17) is 16.3 Å². The minimum Gasteiger partial charge on any atom is -0.459 e. The highest BCUT2D eigenvalue weighted by molar-refractivity contribution is 7.99. The van der Waals surface area contributed by atoms with Crippen molar-refractivity contribution in [3.05, 3.63) is 23.4 Å². The van der Waals surface area contributed by atoms with E-state index in [9.17, 15) is 4.79 Å². The Hall–Kier alpha value is -0.740. The molecular weight excluding hydrogens is 246 g/mol. The van der Waals surface area contributed by atoms with Crippen LogP contribution in [0.4, 0.5) is 0 Å². The maximum Gasteiger partial charge on any atom is 0.316 e. The first-order valence-electron chi connectivity index (χ1n) is 4.83. The van der Waals surface area contributed by atoms with Crippen LogP contribution in [0.1, 0.15) is 20.8 Å². The molecule has 0 unspecified atom stereocenters. The van der Waals surface area contributed by atoms with E-state index in [2.05, 4.69) is 4.98 Å². The summed E-state index contributed by atoms with van der Waals surface area (Å²) in [6.45, 7) is 5.53. The summed E-state index contributed by atoms with van der Waals surface area (Å²) >= 11 is 7.03. The highest BCUT2D eigenvalue weighted by atomic mass is 35.5. The van der Waals surface area contributed by atoms with Gasteiger partial charge in [-0.15, -0.1) is 0 Å². The molecule has 3 nitrogen and oxygen atoms in total. The van der Waals surface area contributed by atoms with Gasteiger partial charge in [-0.25, -0.2) is 4.98 Å². The largest absolute Gasteiger partial charge is 0.459 e. The van der Waals surface area contributed by atoms with Crippen LogP contribution in [0.5, 0.6) is 0 Å². The molecule has 1 aromatic heterocycles. The highest BCUT2D eigenvalue weighted by Crippen LogP contribution is 2.18. The van der Waals surface area contributed by atoms with E-state index < -0.39 is 5.60 Å². The van der Waals surface area contributed by atoms with Crippen LogP contribution >= 0.6 is 23.4 Å². The fourth-order valence-electron chi connectivity index (χ4n) is 0.951. The smallest absolute Gasteiger partial charge is 0.316 e. The lowest BCUT2D eigenvalue weighted by Gasteiger charge is -2.19. The van der Waals surface area contributed by atoms with Crippen LogP contribution in [0.25, 0.3) is 0 Å². The topological polar surface area (TPSA) is 39.2 Å². The number of carbonyl (C=O) groups is 1. The van der Waals surface area contributed by atoms with Crippen molar-refractivity contribution < 1.29 is 9.53 Å². The summed E-state index contributed by atoms with van der Waals surface area (Å²) in [6, 6.07) is 3.52. The summed E-state index contributed by atoms with van der Waals surface area (Å²) < 4.78 is 5.17. The Labute approximate surface area is 105 Å². The maximum absolute atomic E-state index is 11.4. The highest BCUT2D eigenvalue weighted by Gasteiger charge is 2.16. The average molecular weight is 260 g/mol. The standard InChI is InChI=1S/C11H14ClNO2S/c1-11(2,3)15-10(14)7-16-9-5-4-8(12)6-13-9/h4-6H,7H2,1-3H3. The van der Waals surface area contributed by atoms with Gasteiger partial charge < -0.3 is 4.74 Å². The molecule has 0 aliphatic heterocycles. The van der Waals surface area contributed by atoms with Crippen LogP contribution < -0.4 is 0 Å². The lowest BCUT2D eigenvalue weighted by atomic mass is 10.2. The summed E-state index contributed by atoms with van der Waals surface area (Å²) in [5, 5.41) is 1.34. The van der Waals surface area contributed by atoms with Crippen molar-refractivity contribution in [1.29, 1.82) is 0 Å². The quantitative estimate of drug-likeness (QED) is 0.617. The van der Waals surface area contributed by atoms with Crippen LogP contribution in [-0.2, 0) is 9.53 Å². The molecule has 88 valence electrons. The minimum absolute atomic E-state index is 0.241. The van der Waals surface area contributed by atoms with Gasteiger partial charge in [-0.2, -0.15) is 0 Å². The number of rotatable bonds is 3. The first-order valence-corrected chi connectivity index (χ1v) is 6.19. The fourth-order valence-corrected chi connectivity index (χ4v) is 1.68. The van der Waals surface area contributed by atoms with Crippen LogP contribution in [0.15, 0.2) is 23.4 Å². The molecule has 5 heteroatoms. The molecule has 0 aliphatic carbocycles. The van der Waals surface area contributed by atoms with Crippen molar-refractivity contribution in [3.63, 3.8) is 0 Å². The van der Waals surface area contributed by atoms with Gasteiger partial charge in [0, 0.05) is 6.20 Å². The molecule has 1 aromatic rings. The number of hydrogen-bond acceptors (Lipinski definition) is 4. The third-order valence-electron chi connectivity index (χ3n) is 1.46. The van der Waals surface area contributed by atoms with Crippen molar-refractivity contribution in [3.8, 4) is 0 Å². The van der Waals surface area contributed by atoms with E-state index in [0.29, 0.717) is 5.02 Å². The van der Waals surface area contributed by atoms with Gasteiger partial charge >= 0.3 is 5.97 Å². The first-order chi connectivity index (χ1) is 7.37. The SMILES string of the molecule is CC(C)(C)OC(=O)CSc1ccc(Cl)cn1.